The van der Waals surface area contributed by atoms with E-state index >= 15 is 0 Å². The fourth-order valence-electron chi connectivity index (χ4n) is 3.64. The Labute approximate surface area is 173 Å². The normalized spacial score (nSPS) is 16.0. The van der Waals surface area contributed by atoms with Crippen molar-refractivity contribution >= 4 is 38.1 Å². The lowest BCUT2D eigenvalue weighted by Gasteiger charge is -2.21. The minimum Gasteiger partial charge on any atom is -0.298 e. The highest BCUT2D eigenvalue weighted by Crippen LogP contribution is 2.38. The molecular weight excluding hydrogens is 408 g/mol. The molecule has 29 heavy (non-hydrogen) atoms. The zero-order valence-electron chi connectivity index (χ0n) is 16.2. The monoisotopic (exact) mass is 428 g/mol. The van der Waals surface area contributed by atoms with Crippen molar-refractivity contribution in [2.45, 2.75) is 26.3 Å². The Morgan fingerprint density at radius 2 is 2.10 bits per heavy atom. The molecule has 0 saturated carbocycles. The molecule has 0 fully saturated rings. The quantitative estimate of drug-likeness (QED) is 0.687. The second-order valence-electron chi connectivity index (χ2n) is 7.08. The minimum absolute atomic E-state index is 0.110. The first-order valence-corrected chi connectivity index (χ1v) is 11.7. The Morgan fingerprint density at radius 1 is 1.31 bits per heavy atom. The zero-order chi connectivity index (χ0) is 20.8. The van der Waals surface area contributed by atoms with Gasteiger partial charge in [0.2, 0.25) is 10.0 Å². The fourth-order valence-corrected chi connectivity index (χ4v) is 5.73. The summed E-state index contributed by atoms with van der Waals surface area (Å²) < 4.78 is 25.7. The summed E-state index contributed by atoms with van der Waals surface area (Å²) in [7, 11) is -3.32. The van der Waals surface area contributed by atoms with Crippen molar-refractivity contribution in [1.82, 2.24) is 9.97 Å². The largest absolute Gasteiger partial charge is 0.298 e. The molecule has 0 radical (unpaired) electrons. The van der Waals surface area contributed by atoms with Crippen molar-refractivity contribution in [3.8, 4) is 11.3 Å². The van der Waals surface area contributed by atoms with Crippen LogP contribution in [0.2, 0.25) is 0 Å². The number of anilines is 2. The summed E-state index contributed by atoms with van der Waals surface area (Å²) >= 11 is 1.40. The van der Waals surface area contributed by atoms with E-state index in [1.165, 1.54) is 28.1 Å². The number of benzene rings is 1. The number of carbonyl (C=O) groups excluding carboxylic acids is 1. The van der Waals surface area contributed by atoms with E-state index in [2.05, 4.69) is 15.3 Å². The van der Waals surface area contributed by atoms with Gasteiger partial charge in [0.15, 0.2) is 5.13 Å². The predicted octanol–water partition coefficient (Wildman–Crippen LogP) is 3.48. The van der Waals surface area contributed by atoms with Crippen LogP contribution in [0.25, 0.3) is 11.3 Å². The van der Waals surface area contributed by atoms with Gasteiger partial charge >= 0.3 is 0 Å². The second-order valence-corrected chi connectivity index (χ2v) is 10.1. The highest BCUT2D eigenvalue weighted by Gasteiger charge is 2.32. The first-order valence-electron chi connectivity index (χ1n) is 9.05. The van der Waals surface area contributed by atoms with Crippen molar-refractivity contribution in [2.24, 2.45) is 0 Å². The molecule has 7 nitrogen and oxygen atoms in total. The standard InChI is InChI=1S/C20H20N4O3S2/c1-12-9-16-10-14(6-7-17(16)24(12)29(3,26)27)18-13(2)28-20(22-18)23-19(25)15-5-4-8-21-11-15/h4-8,10-12H,9H2,1-3H3,(H,22,23,25)/t12-/m1/s1. The van der Waals surface area contributed by atoms with Crippen LogP contribution in [0.15, 0.2) is 42.7 Å². The number of sulfonamides is 1. The lowest BCUT2D eigenvalue weighted by Crippen LogP contribution is -2.34. The first-order chi connectivity index (χ1) is 13.7. The SMILES string of the molecule is Cc1sc(NC(=O)c2cccnc2)nc1-c1ccc2c(c1)C[C@@H](C)N2S(C)(=O)=O. The van der Waals surface area contributed by atoms with Crippen LogP contribution in [0, 0.1) is 6.92 Å². The number of fused-ring (bicyclic) bond motifs is 1. The number of aromatic nitrogens is 2. The average molecular weight is 429 g/mol. The molecule has 1 atom stereocenters. The third-order valence-electron chi connectivity index (χ3n) is 4.80. The summed E-state index contributed by atoms with van der Waals surface area (Å²) in [6.07, 6.45) is 5.01. The van der Waals surface area contributed by atoms with Gasteiger partial charge in [-0.1, -0.05) is 6.07 Å². The lowest BCUT2D eigenvalue weighted by atomic mass is 10.0. The molecule has 3 aromatic rings. The van der Waals surface area contributed by atoms with Crippen molar-refractivity contribution in [1.29, 1.82) is 0 Å². The van der Waals surface area contributed by atoms with Gasteiger partial charge in [-0.15, -0.1) is 11.3 Å². The number of carbonyl (C=O) groups is 1. The Kier molecular flexibility index (Phi) is 4.87. The maximum Gasteiger partial charge on any atom is 0.259 e. The summed E-state index contributed by atoms with van der Waals surface area (Å²) in [5.41, 5.74) is 3.86. The predicted molar refractivity (Wildman–Crippen MR) is 115 cm³/mol. The zero-order valence-corrected chi connectivity index (χ0v) is 17.8. The van der Waals surface area contributed by atoms with Crippen LogP contribution in [0.5, 0.6) is 0 Å². The molecular formula is C20H20N4O3S2. The minimum atomic E-state index is -3.32. The number of amides is 1. The van der Waals surface area contributed by atoms with Crippen LogP contribution in [0.3, 0.4) is 0 Å². The molecule has 1 aliphatic rings. The number of nitrogens with one attached hydrogen (secondary N) is 1. The topological polar surface area (TPSA) is 92.3 Å². The summed E-state index contributed by atoms with van der Waals surface area (Å²) in [5, 5.41) is 3.33. The Bertz CT molecular complexity index is 1190. The Balaban J connectivity index is 1.62. The first kappa shape index (κ1) is 19.5. The van der Waals surface area contributed by atoms with Crippen LogP contribution in [-0.4, -0.2) is 36.6 Å². The van der Waals surface area contributed by atoms with Gasteiger partial charge in [-0.2, -0.15) is 0 Å². The summed E-state index contributed by atoms with van der Waals surface area (Å²) in [4.78, 5) is 21.9. The maximum atomic E-state index is 12.3. The van der Waals surface area contributed by atoms with Gasteiger partial charge in [-0.25, -0.2) is 13.4 Å². The van der Waals surface area contributed by atoms with E-state index in [4.69, 9.17) is 0 Å². The van der Waals surface area contributed by atoms with Gasteiger partial charge in [-0.3, -0.25) is 19.4 Å². The second kappa shape index (κ2) is 7.23. The number of hydrogen-bond donors (Lipinski definition) is 1. The lowest BCUT2D eigenvalue weighted by molar-refractivity contribution is 0.102. The average Bonchev–Trinajstić information content (AvgIpc) is 3.19. The molecule has 1 amide bonds. The van der Waals surface area contributed by atoms with Gasteiger partial charge in [0.25, 0.3) is 5.91 Å². The van der Waals surface area contributed by atoms with Crippen molar-refractivity contribution in [2.75, 3.05) is 15.9 Å². The molecule has 9 heteroatoms. The van der Waals surface area contributed by atoms with Gasteiger partial charge in [0, 0.05) is 28.9 Å². The summed E-state index contributed by atoms with van der Waals surface area (Å²) in [5.74, 6) is -0.259. The van der Waals surface area contributed by atoms with Gasteiger partial charge < -0.3 is 0 Å². The van der Waals surface area contributed by atoms with Gasteiger partial charge in [-0.05, 0) is 50.1 Å². The maximum absolute atomic E-state index is 12.3. The molecule has 4 rings (SSSR count). The number of nitrogens with zero attached hydrogens (tertiary/aromatic N) is 3. The van der Waals surface area contributed by atoms with E-state index in [1.54, 1.807) is 18.3 Å². The van der Waals surface area contributed by atoms with E-state index in [0.29, 0.717) is 17.1 Å². The molecule has 0 aliphatic carbocycles. The molecule has 1 aliphatic heterocycles. The summed E-state index contributed by atoms with van der Waals surface area (Å²) in [6, 6.07) is 9.00. The third-order valence-corrected chi connectivity index (χ3v) is 6.96. The Morgan fingerprint density at radius 3 is 2.79 bits per heavy atom. The van der Waals surface area contributed by atoms with Crippen molar-refractivity contribution in [3.63, 3.8) is 0 Å². The smallest absolute Gasteiger partial charge is 0.259 e. The molecule has 1 aromatic carbocycles. The molecule has 0 saturated heterocycles. The third kappa shape index (κ3) is 3.75. The fraction of sp³-hybridized carbons (Fsp3) is 0.250. The van der Waals surface area contributed by atoms with E-state index in [-0.39, 0.29) is 11.9 Å². The van der Waals surface area contributed by atoms with Gasteiger partial charge in [0.1, 0.15) is 0 Å². The van der Waals surface area contributed by atoms with Gasteiger partial charge in [0.05, 0.1) is 23.2 Å². The van der Waals surface area contributed by atoms with E-state index < -0.39 is 10.0 Å². The van der Waals surface area contributed by atoms with E-state index in [9.17, 15) is 13.2 Å². The van der Waals surface area contributed by atoms with Crippen molar-refractivity contribution in [3.05, 3.63) is 58.7 Å². The molecule has 2 aromatic heterocycles. The number of aryl methyl sites for hydroxylation is 1. The number of rotatable bonds is 4. The van der Waals surface area contributed by atoms with Crippen LogP contribution in [0.1, 0.15) is 27.7 Å². The molecule has 0 spiro atoms. The highest BCUT2D eigenvalue weighted by atomic mass is 32.2. The number of hydrogen-bond acceptors (Lipinski definition) is 6. The molecule has 0 bridgehead atoms. The van der Waals surface area contributed by atoms with Crippen LogP contribution in [-0.2, 0) is 16.4 Å². The van der Waals surface area contributed by atoms with Crippen LogP contribution < -0.4 is 9.62 Å². The summed E-state index contributed by atoms with van der Waals surface area (Å²) in [6.45, 7) is 3.85. The van der Waals surface area contributed by atoms with Crippen LogP contribution >= 0.6 is 11.3 Å². The number of pyridine rings is 1. The molecule has 150 valence electrons. The van der Waals surface area contributed by atoms with Crippen LogP contribution in [0.4, 0.5) is 10.8 Å². The molecule has 3 heterocycles. The number of thiazole rings is 1. The van der Waals surface area contributed by atoms with E-state index in [0.717, 1.165) is 27.4 Å². The molecule has 0 unspecified atom stereocenters. The molecule has 1 N–H and O–H groups in total. The Hall–Kier alpha value is -2.78. The highest BCUT2D eigenvalue weighted by molar-refractivity contribution is 7.92. The van der Waals surface area contributed by atoms with E-state index in [1.807, 2.05) is 32.0 Å². The van der Waals surface area contributed by atoms with Crippen molar-refractivity contribution < 1.29 is 13.2 Å².